The van der Waals surface area contributed by atoms with E-state index < -0.39 is 0 Å². The first-order valence-corrected chi connectivity index (χ1v) is 9.18. The van der Waals surface area contributed by atoms with Gasteiger partial charge in [0.15, 0.2) is 0 Å². The van der Waals surface area contributed by atoms with Gasteiger partial charge in [-0.1, -0.05) is 0 Å². The van der Waals surface area contributed by atoms with Crippen molar-refractivity contribution in [2.45, 2.75) is 32.8 Å². The van der Waals surface area contributed by atoms with E-state index in [1.54, 1.807) is 6.08 Å². The lowest BCUT2D eigenvalue weighted by atomic mass is 10.1. The second kappa shape index (κ2) is 7.91. The Hall–Kier alpha value is -2.01. The fraction of sp³-hybridized carbons (Fsp3) is 0.550. The summed E-state index contributed by atoms with van der Waals surface area (Å²) in [5.74, 6) is 1.78. The lowest BCUT2D eigenvalue weighted by molar-refractivity contribution is -0.125. The molecule has 1 amide bonds. The Kier molecular flexibility index (Phi) is 5.63. The predicted molar refractivity (Wildman–Crippen MR) is 99.1 cm³/mol. The molecule has 0 N–H and O–H groups in total. The Bertz CT molecular complexity index is 657. The first-order chi connectivity index (χ1) is 12.1. The predicted octanol–water partition coefficient (Wildman–Crippen LogP) is 2.59. The van der Waals surface area contributed by atoms with Crippen LogP contribution in [0.5, 0.6) is 11.5 Å². The number of carbonyl (C=O) groups excluding carboxylic acids is 1. The van der Waals surface area contributed by atoms with Crippen LogP contribution in [0.15, 0.2) is 18.2 Å². The van der Waals surface area contributed by atoms with Gasteiger partial charge in [0.1, 0.15) is 17.6 Å². The molecule has 2 heterocycles. The van der Waals surface area contributed by atoms with Crippen molar-refractivity contribution in [1.29, 1.82) is 0 Å². The highest BCUT2D eigenvalue weighted by atomic mass is 16.5. The molecular formula is C20H28N2O3. The smallest absolute Gasteiger partial charge is 0.246 e. The van der Waals surface area contributed by atoms with Crippen LogP contribution in [0.3, 0.4) is 0 Å². The monoisotopic (exact) mass is 344 g/mol. The number of hydrogen-bond donors (Lipinski definition) is 0. The van der Waals surface area contributed by atoms with E-state index in [1.165, 1.54) is 5.56 Å². The van der Waals surface area contributed by atoms with Crippen molar-refractivity contribution in [3.05, 3.63) is 29.3 Å². The minimum Gasteiger partial charge on any atom is -0.493 e. The number of benzene rings is 1. The summed E-state index contributed by atoms with van der Waals surface area (Å²) in [6.07, 6.45) is 5.63. The van der Waals surface area contributed by atoms with Crippen LogP contribution in [0.2, 0.25) is 0 Å². The molecule has 0 radical (unpaired) electrons. The van der Waals surface area contributed by atoms with Crippen LogP contribution in [-0.2, 0) is 11.2 Å². The van der Waals surface area contributed by atoms with Gasteiger partial charge in [0.05, 0.1) is 6.61 Å². The molecule has 1 atom stereocenters. The molecule has 1 saturated heterocycles. The van der Waals surface area contributed by atoms with E-state index in [9.17, 15) is 4.79 Å². The zero-order chi connectivity index (χ0) is 17.8. The van der Waals surface area contributed by atoms with Gasteiger partial charge in [0.2, 0.25) is 5.91 Å². The van der Waals surface area contributed by atoms with E-state index in [4.69, 9.17) is 9.47 Å². The number of likely N-dealkylation sites (N-methyl/N-ethyl adjacent to an activating group) is 1. The molecule has 0 saturated carbocycles. The number of amides is 1. The minimum atomic E-state index is 0.0625. The van der Waals surface area contributed by atoms with Crippen molar-refractivity contribution in [2.24, 2.45) is 0 Å². The Balaban J connectivity index is 1.75. The summed E-state index contributed by atoms with van der Waals surface area (Å²) >= 11 is 0. The summed E-state index contributed by atoms with van der Waals surface area (Å²) in [7, 11) is 2.10. The normalized spacial score (nSPS) is 21.1. The van der Waals surface area contributed by atoms with Crippen molar-refractivity contribution >= 4 is 12.0 Å². The third-order valence-electron chi connectivity index (χ3n) is 4.76. The summed E-state index contributed by atoms with van der Waals surface area (Å²) in [6.45, 7) is 8.20. The van der Waals surface area contributed by atoms with E-state index in [-0.39, 0.29) is 12.0 Å². The number of carbonyl (C=O) groups is 1. The largest absolute Gasteiger partial charge is 0.493 e. The van der Waals surface area contributed by atoms with Crippen LogP contribution in [-0.4, -0.2) is 61.6 Å². The summed E-state index contributed by atoms with van der Waals surface area (Å²) in [5.41, 5.74) is 2.07. The van der Waals surface area contributed by atoms with Crippen molar-refractivity contribution in [3.63, 3.8) is 0 Å². The molecule has 0 aromatic heterocycles. The zero-order valence-electron chi connectivity index (χ0n) is 15.5. The molecule has 1 aromatic carbocycles. The van der Waals surface area contributed by atoms with E-state index in [2.05, 4.69) is 18.9 Å². The molecule has 5 nitrogen and oxygen atoms in total. The SMILES string of the molecule is CCOc1cc2c(cc1/C=C/C(=O)N1CCCN(C)CC1)OC(C)C2. The highest BCUT2D eigenvalue weighted by Gasteiger charge is 2.21. The molecule has 2 aliphatic heterocycles. The van der Waals surface area contributed by atoms with Crippen molar-refractivity contribution in [3.8, 4) is 11.5 Å². The van der Waals surface area contributed by atoms with E-state index in [1.807, 2.05) is 30.0 Å². The van der Waals surface area contributed by atoms with E-state index in [0.717, 1.165) is 56.1 Å². The van der Waals surface area contributed by atoms with Gasteiger partial charge in [-0.15, -0.1) is 0 Å². The molecule has 0 aliphatic carbocycles. The molecular weight excluding hydrogens is 316 g/mol. The second-order valence-electron chi connectivity index (χ2n) is 6.88. The van der Waals surface area contributed by atoms with Gasteiger partial charge >= 0.3 is 0 Å². The van der Waals surface area contributed by atoms with Gasteiger partial charge in [-0.3, -0.25) is 4.79 Å². The van der Waals surface area contributed by atoms with Crippen LogP contribution in [0.4, 0.5) is 0 Å². The topological polar surface area (TPSA) is 42.0 Å². The Morgan fingerprint density at radius 2 is 2.16 bits per heavy atom. The maximum Gasteiger partial charge on any atom is 0.246 e. The van der Waals surface area contributed by atoms with Gasteiger partial charge in [-0.05, 0) is 52.1 Å². The highest BCUT2D eigenvalue weighted by molar-refractivity contribution is 5.92. The zero-order valence-corrected chi connectivity index (χ0v) is 15.5. The number of fused-ring (bicyclic) bond motifs is 1. The molecule has 0 bridgehead atoms. The third-order valence-corrected chi connectivity index (χ3v) is 4.76. The lowest BCUT2D eigenvalue weighted by Gasteiger charge is -2.18. The van der Waals surface area contributed by atoms with Gasteiger partial charge in [-0.2, -0.15) is 0 Å². The van der Waals surface area contributed by atoms with Crippen LogP contribution >= 0.6 is 0 Å². The van der Waals surface area contributed by atoms with Crippen LogP contribution < -0.4 is 9.47 Å². The maximum atomic E-state index is 12.5. The van der Waals surface area contributed by atoms with Crippen LogP contribution in [0, 0.1) is 0 Å². The summed E-state index contributed by atoms with van der Waals surface area (Å²) < 4.78 is 11.6. The molecule has 1 fully saturated rings. The molecule has 25 heavy (non-hydrogen) atoms. The molecule has 136 valence electrons. The third kappa shape index (κ3) is 4.34. The van der Waals surface area contributed by atoms with E-state index >= 15 is 0 Å². The lowest BCUT2D eigenvalue weighted by Crippen LogP contribution is -2.33. The first-order valence-electron chi connectivity index (χ1n) is 9.18. The number of hydrogen-bond acceptors (Lipinski definition) is 4. The quantitative estimate of drug-likeness (QED) is 0.788. The number of rotatable bonds is 4. The molecule has 0 spiro atoms. The fourth-order valence-corrected chi connectivity index (χ4v) is 3.40. The number of ether oxygens (including phenoxy) is 2. The Labute approximate surface area is 150 Å². The van der Waals surface area contributed by atoms with E-state index in [0.29, 0.717) is 6.61 Å². The van der Waals surface area contributed by atoms with Gasteiger partial charge in [0, 0.05) is 43.3 Å². The molecule has 5 heteroatoms. The Morgan fingerprint density at radius 1 is 1.32 bits per heavy atom. The van der Waals surface area contributed by atoms with Gasteiger partial charge in [-0.25, -0.2) is 0 Å². The minimum absolute atomic E-state index is 0.0625. The molecule has 3 rings (SSSR count). The summed E-state index contributed by atoms with van der Waals surface area (Å²) in [5, 5.41) is 0. The van der Waals surface area contributed by atoms with Crippen LogP contribution in [0.25, 0.3) is 6.08 Å². The van der Waals surface area contributed by atoms with Crippen molar-refractivity contribution < 1.29 is 14.3 Å². The van der Waals surface area contributed by atoms with Crippen molar-refractivity contribution in [1.82, 2.24) is 9.80 Å². The van der Waals surface area contributed by atoms with Gasteiger partial charge < -0.3 is 19.3 Å². The average molecular weight is 344 g/mol. The molecule has 2 aliphatic rings. The molecule has 1 unspecified atom stereocenters. The average Bonchev–Trinajstić information content (AvgIpc) is 2.79. The highest BCUT2D eigenvalue weighted by Crippen LogP contribution is 2.35. The van der Waals surface area contributed by atoms with Gasteiger partial charge in [0.25, 0.3) is 0 Å². The molecule has 1 aromatic rings. The second-order valence-corrected chi connectivity index (χ2v) is 6.88. The summed E-state index contributed by atoms with van der Waals surface area (Å²) in [6, 6.07) is 4.04. The Morgan fingerprint density at radius 3 is 2.96 bits per heavy atom. The summed E-state index contributed by atoms with van der Waals surface area (Å²) in [4.78, 5) is 16.7. The number of nitrogens with zero attached hydrogens (tertiary/aromatic N) is 2. The van der Waals surface area contributed by atoms with Crippen LogP contribution in [0.1, 0.15) is 31.4 Å². The first kappa shape index (κ1) is 17.8. The maximum absolute atomic E-state index is 12.5. The van der Waals surface area contributed by atoms with Crippen molar-refractivity contribution in [2.75, 3.05) is 39.8 Å². The standard InChI is InChI=1S/C20H28N2O3/c1-4-24-18-14-17-12-15(2)25-19(17)13-16(18)6-7-20(23)22-9-5-8-21(3)10-11-22/h6-7,13-15H,4-5,8-12H2,1-3H3/b7-6+. The fourth-order valence-electron chi connectivity index (χ4n) is 3.40.